The summed E-state index contributed by atoms with van der Waals surface area (Å²) in [6.07, 6.45) is 0.651. The van der Waals surface area contributed by atoms with E-state index in [1.807, 2.05) is 4.90 Å². The Morgan fingerprint density at radius 1 is 1.50 bits per heavy atom. The van der Waals surface area contributed by atoms with Gasteiger partial charge >= 0.3 is 0 Å². The van der Waals surface area contributed by atoms with E-state index in [1.54, 1.807) is 6.92 Å². The zero-order valence-electron chi connectivity index (χ0n) is 11.2. The van der Waals surface area contributed by atoms with Gasteiger partial charge < -0.3 is 10.4 Å². The summed E-state index contributed by atoms with van der Waals surface area (Å²) in [5.41, 5.74) is -0.224. The van der Waals surface area contributed by atoms with Gasteiger partial charge in [-0.2, -0.15) is 0 Å². The molecule has 1 unspecified atom stereocenters. The van der Waals surface area contributed by atoms with Gasteiger partial charge in [-0.25, -0.2) is 0 Å². The van der Waals surface area contributed by atoms with Crippen molar-refractivity contribution < 1.29 is 14.8 Å². The molecule has 1 fully saturated rings. The fourth-order valence-corrected chi connectivity index (χ4v) is 2.24. The van der Waals surface area contributed by atoms with Crippen molar-refractivity contribution in [2.75, 3.05) is 25.0 Å². The summed E-state index contributed by atoms with van der Waals surface area (Å²) >= 11 is 0. The van der Waals surface area contributed by atoms with Crippen molar-refractivity contribution in [3.8, 4) is 0 Å². The zero-order valence-corrected chi connectivity index (χ0v) is 11.2. The highest BCUT2D eigenvalue weighted by atomic mass is 16.6. The SMILES string of the molecule is CC1(O)CCN(CC(=O)Nc2ccc([N+](=O)[O-])cc2)C1. The Hall–Kier alpha value is -1.99. The summed E-state index contributed by atoms with van der Waals surface area (Å²) in [7, 11) is 0. The summed E-state index contributed by atoms with van der Waals surface area (Å²) in [4.78, 5) is 23.7. The first-order valence-electron chi connectivity index (χ1n) is 6.35. The normalized spacial score (nSPS) is 22.7. The molecule has 7 nitrogen and oxygen atoms in total. The summed E-state index contributed by atoms with van der Waals surface area (Å²) in [5, 5.41) is 23.0. The van der Waals surface area contributed by atoms with E-state index in [2.05, 4.69) is 5.32 Å². The van der Waals surface area contributed by atoms with Crippen molar-refractivity contribution in [3.63, 3.8) is 0 Å². The van der Waals surface area contributed by atoms with E-state index < -0.39 is 10.5 Å². The Balaban J connectivity index is 1.87. The number of β-amino-alcohol motifs (C(OH)–C–C–N with tert-alkyl or cyclic N) is 1. The van der Waals surface area contributed by atoms with Crippen molar-refractivity contribution in [1.29, 1.82) is 0 Å². The van der Waals surface area contributed by atoms with Gasteiger partial charge in [0, 0.05) is 30.9 Å². The number of rotatable bonds is 4. The van der Waals surface area contributed by atoms with Gasteiger partial charge in [-0.3, -0.25) is 19.8 Å². The molecule has 1 atom stereocenters. The lowest BCUT2D eigenvalue weighted by Crippen LogP contribution is -2.35. The third-order valence-corrected chi connectivity index (χ3v) is 3.26. The van der Waals surface area contributed by atoms with Crippen LogP contribution < -0.4 is 5.32 Å². The van der Waals surface area contributed by atoms with E-state index >= 15 is 0 Å². The van der Waals surface area contributed by atoms with Crippen LogP contribution in [0.15, 0.2) is 24.3 Å². The number of likely N-dealkylation sites (tertiary alicyclic amines) is 1. The van der Waals surface area contributed by atoms with E-state index in [0.717, 1.165) is 0 Å². The van der Waals surface area contributed by atoms with Crippen LogP contribution in [0.2, 0.25) is 0 Å². The number of aliphatic hydroxyl groups is 1. The molecule has 2 N–H and O–H groups in total. The van der Waals surface area contributed by atoms with Crippen molar-refractivity contribution in [2.24, 2.45) is 0 Å². The van der Waals surface area contributed by atoms with Crippen molar-refractivity contribution in [3.05, 3.63) is 34.4 Å². The average molecular weight is 279 g/mol. The van der Waals surface area contributed by atoms with Gasteiger partial charge in [0.2, 0.25) is 5.91 Å². The van der Waals surface area contributed by atoms with Crippen LogP contribution in [0.5, 0.6) is 0 Å². The molecule has 7 heteroatoms. The number of non-ortho nitro benzene ring substituents is 1. The second-order valence-corrected chi connectivity index (χ2v) is 5.31. The lowest BCUT2D eigenvalue weighted by molar-refractivity contribution is -0.384. The minimum atomic E-state index is -0.729. The van der Waals surface area contributed by atoms with Crippen molar-refractivity contribution in [2.45, 2.75) is 18.9 Å². The lowest BCUT2D eigenvalue weighted by atomic mass is 10.1. The minimum Gasteiger partial charge on any atom is -0.389 e. The predicted octanol–water partition coefficient (Wildman–Crippen LogP) is 0.990. The number of carbonyl (C=O) groups is 1. The fourth-order valence-electron chi connectivity index (χ4n) is 2.24. The molecule has 0 saturated carbocycles. The highest BCUT2D eigenvalue weighted by Gasteiger charge is 2.31. The highest BCUT2D eigenvalue weighted by Crippen LogP contribution is 2.20. The molecule has 1 aromatic rings. The molecule has 0 aliphatic carbocycles. The largest absolute Gasteiger partial charge is 0.389 e. The number of hydrogen-bond donors (Lipinski definition) is 2. The summed E-state index contributed by atoms with van der Waals surface area (Å²) in [6.45, 7) is 3.11. The molecule has 0 radical (unpaired) electrons. The van der Waals surface area contributed by atoms with Gasteiger partial charge in [0.05, 0.1) is 17.1 Å². The van der Waals surface area contributed by atoms with E-state index in [9.17, 15) is 20.0 Å². The Morgan fingerprint density at radius 3 is 2.65 bits per heavy atom. The number of nitrogens with one attached hydrogen (secondary N) is 1. The van der Waals surface area contributed by atoms with E-state index in [1.165, 1.54) is 24.3 Å². The van der Waals surface area contributed by atoms with Crippen LogP contribution in [-0.4, -0.2) is 46.1 Å². The van der Waals surface area contributed by atoms with Crippen molar-refractivity contribution in [1.82, 2.24) is 4.90 Å². The first-order chi connectivity index (χ1) is 9.35. The fraction of sp³-hybridized carbons (Fsp3) is 0.462. The second-order valence-electron chi connectivity index (χ2n) is 5.31. The maximum Gasteiger partial charge on any atom is 0.269 e. The first kappa shape index (κ1) is 14.4. The minimum absolute atomic E-state index is 0.0152. The van der Waals surface area contributed by atoms with Crippen LogP contribution in [0, 0.1) is 10.1 Å². The average Bonchev–Trinajstić information content (AvgIpc) is 2.69. The van der Waals surface area contributed by atoms with Gasteiger partial charge in [0.15, 0.2) is 0 Å². The highest BCUT2D eigenvalue weighted by molar-refractivity contribution is 5.92. The number of nitrogens with zero attached hydrogens (tertiary/aromatic N) is 2. The molecule has 2 rings (SSSR count). The zero-order chi connectivity index (χ0) is 14.8. The summed E-state index contributed by atoms with van der Waals surface area (Å²) < 4.78 is 0. The quantitative estimate of drug-likeness (QED) is 0.633. The van der Waals surface area contributed by atoms with E-state index in [-0.39, 0.29) is 18.1 Å². The molecule has 0 bridgehead atoms. The number of amides is 1. The lowest BCUT2D eigenvalue weighted by Gasteiger charge is -2.18. The molecule has 0 aromatic heterocycles. The monoisotopic (exact) mass is 279 g/mol. The smallest absolute Gasteiger partial charge is 0.269 e. The standard InChI is InChI=1S/C13H17N3O4/c1-13(18)6-7-15(9-13)8-12(17)14-10-2-4-11(5-3-10)16(19)20/h2-5,18H,6-9H2,1H3,(H,14,17). The van der Waals surface area contributed by atoms with E-state index in [0.29, 0.717) is 25.2 Å². The van der Waals surface area contributed by atoms with Crippen LogP contribution in [0.4, 0.5) is 11.4 Å². The molecule has 0 spiro atoms. The second kappa shape index (κ2) is 5.56. The molecule has 1 heterocycles. The Labute approximate surface area is 116 Å². The van der Waals surface area contributed by atoms with Crippen LogP contribution in [0.3, 0.4) is 0 Å². The third kappa shape index (κ3) is 3.75. The Bertz CT molecular complexity index is 513. The summed E-state index contributed by atoms with van der Waals surface area (Å²) in [5.74, 6) is -0.198. The molecule has 108 valence electrons. The molecule has 1 aliphatic rings. The number of hydrogen-bond acceptors (Lipinski definition) is 5. The first-order valence-corrected chi connectivity index (χ1v) is 6.35. The molecule has 1 amide bonds. The Morgan fingerprint density at radius 2 is 2.15 bits per heavy atom. The van der Waals surface area contributed by atoms with E-state index in [4.69, 9.17) is 0 Å². The number of carbonyl (C=O) groups excluding carboxylic acids is 1. The molecular weight excluding hydrogens is 262 g/mol. The van der Waals surface area contributed by atoms with Gasteiger partial charge in [-0.15, -0.1) is 0 Å². The molecule has 1 saturated heterocycles. The Kier molecular flexibility index (Phi) is 4.01. The molecule has 20 heavy (non-hydrogen) atoms. The van der Waals surface area contributed by atoms with Gasteiger partial charge in [0.25, 0.3) is 5.69 Å². The number of nitro groups is 1. The van der Waals surface area contributed by atoms with Crippen LogP contribution >= 0.6 is 0 Å². The van der Waals surface area contributed by atoms with Crippen LogP contribution in [0.1, 0.15) is 13.3 Å². The number of nitro benzene ring substituents is 1. The predicted molar refractivity (Wildman–Crippen MR) is 73.4 cm³/mol. The molecule has 1 aromatic carbocycles. The third-order valence-electron chi connectivity index (χ3n) is 3.26. The van der Waals surface area contributed by atoms with Gasteiger partial charge in [-0.1, -0.05) is 0 Å². The van der Waals surface area contributed by atoms with Gasteiger partial charge in [-0.05, 0) is 25.5 Å². The summed E-state index contributed by atoms with van der Waals surface area (Å²) in [6, 6.07) is 5.68. The van der Waals surface area contributed by atoms with Crippen molar-refractivity contribution >= 4 is 17.3 Å². The molecule has 1 aliphatic heterocycles. The topological polar surface area (TPSA) is 95.7 Å². The number of benzene rings is 1. The van der Waals surface area contributed by atoms with Crippen LogP contribution in [-0.2, 0) is 4.79 Å². The maximum absolute atomic E-state index is 11.8. The number of anilines is 1. The molecular formula is C13H17N3O4. The maximum atomic E-state index is 11.8. The van der Waals surface area contributed by atoms with Gasteiger partial charge in [0.1, 0.15) is 0 Å². The van der Waals surface area contributed by atoms with Crippen LogP contribution in [0.25, 0.3) is 0 Å².